The number of benzene rings is 8. The summed E-state index contributed by atoms with van der Waals surface area (Å²) in [5.74, 6) is 0. The standard InChI is InChI=1S/C46H31NS/c1-2-9-32(10-3-1)34-19-25-39(26-20-34)47(40-27-21-35(22-28-40)38-18-17-33-11-4-5-12-37(33)31-38)41-29-23-36(24-30-41)42-14-8-15-44-43-13-6-7-16-45(43)48-46(42)44/h1-31H. The van der Waals surface area contributed by atoms with E-state index in [0.717, 1.165) is 17.1 Å². The number of thiophene rings is 1. The Kier molecular flexibility index (Phi) is 7.07. The third-order valence-electron chi connectivity index (χ3n) is 9.28. The van der Waals surface area contributed by atoms with Crippen molar-refractivity contribution in [3.63, 3.8) is 0 Å². The third-order valence-corrected chi connectivity index (χ3v) is 10.5. The molecule has 9 rings (SSSR count). The minimum atomic E-state index is 1.12. The van der Waals surface area contributed by atoms with Crippen LogP contribution in [0.4, 0.5) is 17.1 Å². The van der Waals surface area contributed by atoms with Crippen LogP contribution >= 0.6 is 11.3 Å². The predicted molar refractivity (Wildman–Crippen MR) is 208 cm³/mol. The van der Waals surface area contributed by atoms with Crippen LogP contribution in [0.5, 0.6) is 0 Å². The van der Waals surface area contributed by atoms with E-state index in [4.69, 9.17) is 0 Å². The fourth-order valence-electron chi connectivity index (χ4n) is 6.82. The summed E-state index contributed by atoms with van der Waals surface area (Å²) in [4.78, 5) is 2.35. The Balaban J connectivity index is 1.11. The fraction of sp³-hybridized carbons (Fsp3) is 0. The van der Waals surface area contributed by atoms with Gasteiger partial charge in [0.15, 0.2) is 0 Å². The molecule has 0 radical (unpaired) electrons. The van der Waals surface area contributed by atoms with Crippen molar-refractivity contribution in [3.05, 3.63) is 188 Å². The lowest BCUT2D eigenvalue weighted by Gasteiger charge is -2.26. The Morgan fingerprint density at radius 2 is 0.854 bits per heavy atom. The summed E-state index contributed by atoms with van der Waals surface area (Å²) in [6, 6.07) is 68.1. The van der Waals surface area contributed by atoms with Gasteiger partial charge in [0, 0.05) is 37.2 Å². The van der Waals surface area contributed by atoms with Gasteiger partial charge in [0.05, 0.1) is 0 Å². The van der Waals surface area contributed by atoms with E-state index in [2.05, 4.69) is 193 Å². The molecule has 0 unspecified atom stereocenters. The van der Waals surface area contributed by atoms with E-state index in [1.165, 1.54) is 64.3 Å². The molecule has 0 saturated carbocycles. The minimum absolute atomic E-state index is 1.12. The second kappa shape index (κ2) is 12.0. The Bertz CT molecular complexity index is 2530. The van der Waals surface area contributed by atoms with Crippen LogP contribution in [0.25, 0.3) is 64.3 Å². The largest absolute Gasteiger partial charge is 0.311 e. The molecular formula is C46H31NS. The van der Waals surface area contributed by atoms with Gasteiger partial charge < -0.3 is 4.90 Å². The van der Waals surface area contributed by atoms with E-state index in [1.54, 1.807) is 0 Å². The zero-order valence-electron chi connectivity index (χ0n) is 26.3. The van der Waals surface area contributed by atoms with Gasteiger partial charge in [0.1, 0.15) is 0 Å². The molecule has 1 aromatic heterocycles. The van der Waals surface area contributed by atoms with Crippen molar-refractivity contribution in [2.24, 2.45) is 0 Å². The number of hydrogen-bond donors (Lipinski definition) is 0. The molecule has 0 N–H and O–H groups in total. The molecule has 0 atom stereocenters. The highest BCUT2D eigenvalue weighted by molar-refractivity contribution is 7.26. The first-order valence-corrected chi connectivity index (χ1v) is 17.2. The molecule has 0 aliphatic carbocycles. The zero-order chi connectivity index (χ0) is 31.9. The summed E-state index contributed by atoms with van der Waals surface area (Å²) >= 11 is 1.88. The monoisotopic (exact) mass is 629 g/mol. The number of rotatable bonds is 6. The molecule has 48 heavy (non-hydrogen) atoms. The van der Waals surface area contributed by atoms with Crippen molar-refractivity contribution in [1.82, 2.24) is 0 Å². The lowest BCUT2D eigenvalue weighted by atomic mass is 10.0. The number of fused-ring (bicyclic) bond motifs is 4. The van der Waals surface area contributed by atoms with Gasteiger partial charge in [-0.05, 0) is 92.7 Å². The van der Waals surface area contributed by atoms with Gasteiger partial charge in [-0.15, -0.1) is 11.3 Å². The Labute approximate surface area is 284 Å². The molecular weight excluding hydrogens is 599 g/mol. The van der Waals surface area contributed by atoms with E-state index >= 15 is 0 Å². The van der Waals surface area contributed by atoms with E-state index in [0.29, 0.717) is 0 Å². The van der Waals surface area contributed by atoms with E-state index < -0.39 is 0 Å². The van der Waals surface area contributed by atoms with Crippen LogP contribution in [0.3, 0.4) is 0 Å². The van der Waals surface area contributed by atoms with Gasteiger partial charge in [-0.25, -0.2) is 0 Å². The maximum absolute atomic E-state index is 2.35. The Morgan fingerprint density at radius 3 is 1.56 bits per heavy atom. The van der Waals surface area contributed by atoms with Crippen molar-refractivity contribution < 1.29 is 0 Å². The molecule has 0 spiro atoms. The molecule has 0 fully saturated rings. The normalized spacial score (nSPS) is 11.3. The van der Waals surface area contributed by atoms with E-state index in [9.17, 15) is 0 Å². The first-order valence-electron chi connectivity index (χ1n) is 16.3. The summed E-state index contributed by atoms with van der Waals surface area (Å²) in [5.41, 5.74) is 10.7. The highest BCUT2D eigenvalue weighted by Crippen LogP contribution is 2.42. The van der Waals surface area contributed by atoms with Gasteiger partial charge in [0.2, 0.25) is 0 Å². The third kappa shape index (κ3) is 5.13. The Morgan fingerprint density at radius 1 is 0.333 bits per heavy atom. The van der Waals surface area contributed by atoms with E-state index in [1.807, 2.05) is 11.3 Å². The first-order chi connectivity index (χ1) is 23.8. The maximum atomic E-state index is 2.35. The summed E-state index contributed by atoms with van der Waals surface area (Å²) < 4.78 is 2.66. The fourth-order valence-corrected chi connectivity index (χ4v) is 8.06. The molecule has 0 amide bonds. The topological polar surface area (TPSA) is 3.24 Å². The highest BCUT2D eigenvalue weighted by atomic mass is 32.1. The molecule has 0 aliphatic heterocycles. The molecule has 0 aliphatic rings. The molecule has 226 valence electrons. The second-order valence-corrected chi connectivity index (χ2v) is 13.2. The average Bonchev–Trinajstić information content (AvgIpc) is 3.55. The summed E-state index contributed by atoms with van der Waals surface area (Å²) in [6.45, 7) is 0. The van der Waals surface area contributed by atoms with Crippen LogP contribution in [0.2, 0.25) is 0 Å². The van der Waals surface area contributed by atoms with Crippen LogP contribution in [0, 0.1) is 0 Å². The lowest BCUT2D eigenvalue weighted by Crippen LogP contribution is -2.09. The molecule has 0 bridgehead atoms. The van der Waals surface area contributed by atoms with Crippen molar-refractivity contribution in [2.45, 2.75) is 0 Å². The summed E-state index contributed by atoms with van der Waals surface area (Å²) in [6.07, 6.45) is 0. The van der Waals surface area contributed by atoms with Gasteiger partial charge in [-0.2, -0.15) is 0 Å². The Hall–Kier alpha value is -5.96. The minimum Gasteiger partial charge on any atom is -0.311 e. The van der Waals surface area contributed by atoms with Gasteiger partial charge in [-0.3, -0.25) is 0 Å². The smallest absolute Gasteiger partial charge is 0.0462 e. The maximum Gasteiger partial charge on any atom is 0.0462 e. The number of anilines is 3. The number of nitrogens with zero attached hydrogens (tertiary/aromatic N) is 1. The van der Waals surface area contributed by atoms with Crippen LogP contribution in [0.15, 0.2) is 188 Å². The van der Waals surface area contributed by atoms with Crippen molar-refractivity contribution in [3.8, 4) is 33.4 Å². The van der Waals surface area contributed by atoms with E-state index in [-0.39, 0.29) is 0 Å². The summed E-state index contributed by atoms with van der Waals surface area (Å²) in [5, 5.41) is 5.16. The SMILES string of the molecule is c1ccc(-c2ccc(N(c3ccc(-c4ccc5ccccc5c4)cc3)c3ccc(-c4cccc5c4sc4ccccc45)cc3)cc2)cc1. The quantitative estimate of drug-likeness (QED) is 0.177. The number of hydrogen-bond acceptors (Lipinski definition) is 2. The second-order valence-electron chi connectivity index (χ2n) is 12.2. The molecule has 9 aromatic rings. The van der Waals surface area contributed by atoms with Gasteiger partial charge >= 0.3 is 0 Å². The van der Waals surface area contributed by atoms with Gasteiger partial charge in [-0.1, -0.05) is 140 Å². The van der Waals surface area contributed by atoms with Crippen LogP contribution in [-0.4, -0.2) is 0 Å². The molecule has 2 heteroatoms. The highest BCUT2D eigenvalue weighted by Gasteiger charge is 2.15. The zero-order valence-corrected chi connectivity index (χ0v) is 27.1. The molecule has 8 aromatic carbocycles. The lowest BCUT2D eigenvalue weighted by molar-refractivity contribution is 1.28. The average molecular weight is 630 g/mol. The van der Waals surface area contributed by atoms with Crippen molar-refractivity contribution in [1.29, 1.82) is 0 Å². The van der Waals surface area contributed by atoms with Crippen LogP contribution in [0.1, 0.15) is 0 Å². The van der Waals surface area contributed by atoms with Crippen molar-refractivity contribution >= 4 is 59.3 Å². The van der Waals surface area contributed by atoms with Crippen LogP contribution < -0.4 is 4.90 Å². The first kappa shape index (κ1) is 28.3. The van der Waals surface area contributed by atoms with Gasteiger partial charge in [0.25, 0.3) is 0 Å². The molecule has 1 nitrogen and oxygen atoms in total. The predicted octanol–water partition coefficient (Wildman–Crippen LogP) is 13.7. The molecule has 1 heterocycles. The molecule has 0 saturated heterocycles. The van der Waals surface area contributed by atoms with Crippen LogP contribution in [-0.2, 0) is 0 Å². The summed E-state index contributed by atoms with van der Waals surface area (Å²) in [7, 11) is 0. The van der Waals surface area contributed by atoms with Crippen molar-refractivity contribution in [2.75, 3.05) is 4.90 Å².